The fraction of sp³-hybridized carbons (Fsp3) is 0.600. The van der Waals surface area contributed by atoms with Crippen LogP contribution in [0.5, 0.6) is 0 Å². The lowest BCUT2D eigenvalue weighted by atomic mass is 10.2. The number of amides is 2. The van der Waals surface area contributed by atoms with Gasteiger partial charge < -0.3 is 21.1 Å². The van der Waals surface area contributed by atoms with Crippen LogP contribution in [0, 0.1) is 0 Å². The lowest BCUT2D eigenvalue weighted by molar-refractivity contribution is -0.134. The Bertz CT molecular complexity index is 256. The average molecular weight is 229 g/mol. The molecule has 0 saturated heterocycles. The first-order chi connectivity index (χ1) is 7.52. The van der Waals surface area contributed by atoms with Gasteiger partial charge in [0.05, 0.1) is 19.1 Å². The second-order valence-electron chi connectivity index (χ2n) is 3.34. The van der Waals surface area contributed by atoms with E-state index in [4.69, 9.17) is 16.2 Å². The zero-order valence-electron chi connectivity index (χ0n) is 9.52. The van der Waals surface area contributed by atoms with Gasteiger partial charge in [0.2, 0.25) is 11.8 Å². The molecule has 0 bridgehead atoms. The van der Waals surface area contributed by atoms with Gasteiger partial charge >= 0.3 is 0 Å². The van der Waals surface area contributed by atoms with Crippen LogP contribution in [0.15, 0.2) is 12.7 Å². The minimum Gasteiger partial charge on any atom is -0.383 e. The second-order valence-corrected chi connectivity index (χ2v) is 3.34. The Labute approximate surface area is 95.2 Å². The van der Waals surface area contributed by atoms with Crippen molar-refractivity contribution in [3.63, 3.8) is 0 Å². The Morgan fingerprint density at radius 2 is 2.19 bits per heavy atom. The highest BCUT2D eigenvalue weighted by Gasteiger charge is 2.21. The van der Waals surface area contributed by atoms with Gasteiger partial charge in [-0.05, 0) is 0 Å². The molecule has 0 aromatic carbocycles. The van der Waals surface area contributed by atoms with Crippen LogP contribution < -0.4 is 11.5 Å². The standard InChI is InChI=1S/C10H19N3O3/c1-3-4-13(5-6-16-2)10(15)8(11)7-9(12)14/h3,8H,1,4-7,11H2,2H3,(H2,12,14). The normalized spacial score (nSPS) is 11.9. The number of primary amides is 1. The van der Waals surface area contributed by atoms with Gasteiger partial charge in [-0.1, -0.05) is 6.08 Å². The molecule has 0 radical (unpaired) electrons. The third kappa shape index (κ3) is 5.47. The fourth-order valence-electron chi connectivity index (χ4n) is 1.19. The highest BCUT2D eigenvalue weighted by atomic mass is 16.5. The van der Waals surface area contributed by atoms with Gasteiger partial charge in [0.15, 0.2) is 0 Å². The molecule has 2 amide bonds. The summed E-state index contributed by atoms with van der Waals surface area (Å²) in [5.41, 5.74) is 10.5. The molecule has 0 aromatic rings. The SMILES string of the molecule is C=CCN(CCOC)C(=O)C(N)CC(N)=O. The molecule has 6 nitrogen and oxygen atoms in total. The molecule has 0 aliphatic rings. The first-order valence-electron chi connectivity index (χ1n) is 4.95. The summed E-state index contributed by atoms with van der Waals surface area (Å²) in [7, 11) is 1.54. The number of ether oxygens (including phenoxy) is 1. The molecule has 92 valence electrons. The quantitative estimate of drug-likeness (QED) is 0.513. The summed E-state index contributed by atoms with van der Waals surface area (Å²) in [5.74, 6) is -0.915. The molecule has 6 heteroatoms. The molecule has 4 N–H and O–H groups in total. The third-order valence-corrected chi connectivity index (χ3v) is 1.96. The van der Waals surface area contributed by atoms with Crippen molar-refractivity contribution in [2.45, 2.75) is 12.5 Å². The van der Waals surface area contributed by atoms with Crippen molar-refractivity contribution in [3.05, 3.63) is 12.7 Å². The van der Waals surface area contributed by atoms with Crippen molar-refractivity contribution in [2.24, 2.45) is 11.5 Å². The number of rotatable bonds is 8. The van der Waals surface area contributed by atoms with Crippen molar-refractivity contribution in [3.8, 4) is 0 Å². The van der Waals surface area contributed by atoms with E-state index in [2.05, 4.69) is 6.58 Å². The van der Waals surface area contributed by atoms with Crippen molar-refractivity contribution < 1.29 is 14.3 Å². The van der Waals surface area contributed by atoms with Crippen LogP contribution in [-0.2, 0) is 14.3 Å². The van der Waals surface area contributed by atoms with Gasteiger partial charge in [-0.3, -0.25) is 9.59 Å². The van der Waals surface area contributed by atoms with Gasteiger partial charge in [0, 0.05) is 20.2 Å². The van der Waals surface area contributed by atoms with Gasteiger partial charge in [-0.15, -0.1) is 6.58 Å². The van der Waals surface area contributed by atoms with E-state index in [0.717, 1.165) is 0 Å². The summed E-state index contributed by atoms with van der Waals surface area (Å²) in [5, 5.41) is 0. The summed E-state index contributed by atoms with van der Waals surface area (Å²) in [4.78, 5) is 23.9. The van der Waals surface area contributed by atoms with E-state index in [0.29, 0.717) is 19.7 Å². The number of nitrogens with two attached hydrogens (primary N) is 2. The maximum absolute atomic E-state index is 11.8. The number of hydrogen-bond acceptors (Lipinski definition) is 4. The zero-order valence-corrected chi connectivity index (χ0v) is 9.52. The second kappa shape index (κ2) is 7.84. The zero-order chi connectivity index (χ0) is 12.6. The monoisotopic (exact) mass is 229 g/mol. The fourth-order valence-corrected chi connectivity index (χ4v) is 1.19. The molecule has 0 rings (SSSR count). The van der Waals surface area contributed by atoms with Crippen LogP contribution in [-0.4, -0.2) is 49.6 Å². The van der Waals surface area contributed by atoms with Gasteiger partial charge in [-0.25, -0.2) is 0 Å². The molecular formula is C10H19N3O3. The molecule has 1 atom stereocenters. The molecule has 0 fully saturated rings. The Kier molecular flexibility index (Phi) is 7.15. The Balaban J connectivity index is 4.34. The molecule has 0 aliphatic carbocycles. The molecule has 0 aliphatic heterocycles. The number of nitrogens with zero attached hydrogens (tertiary/aromatic N) is 1. The Morgan fingerprint density at radius 1 is 1.56 bits per heavy atom. The molecule has 0 heterocycles. The highest BCUT2D eigenvalue weighted by molar-refractivity contribution is 5.87. The molecular weight excluding hydrogens is 210 g/mol. The maximum atomic E-state index is 11.8. The summed E-state index contributed by atoms with van der Waals surface area (Å²) in [6.45, 7) is 4.73. The first-order valence-corrected chi connectivity index (χ1v) is 4.95. The summed E-state index contributed by atoms with van der Waals surface area (Å²) < 4.78 is 4.87. The van der Waals surface area contributed by atoms with Crippen LogP contribution in [0.25, 0.3) is 0 Å². The summed E-state index contributed by atoms with van der Waals surface area (Å²) >= 11 is 0. The van der Waals surface area contributed by atoms with Crippen LogP contribution in [0.3, 0.4) is 0 Å². The van der Waals surface area contributed by atoms with Crippen molar-refractivity contribution >= 4 is 11.8 Å². The van der Waals surface area contributed by atoms with Crippen molar-refractivity contribution in [1.29, 1.82) is 0 Å². The number of methoxy groups -OCH3 is 1. The smallest absolute Gasteiger partial charge is 0.240 e. The van der Waals surface area contributed by atoms with Crippen LogP contribution >= 0.6 is 0 Å². The predicted molar refractivity (Wildman–Crippen MR) is 60.4 cm³/mol. The minimum atomic E-state index is -0.894. The van der Waals surface area contributed by atoms with E-state index in [9.17, 15) is 9.59 Å². The van der Waals surface area contributed by atoms with Crippen LogP contribution in [0.4, 0.5) is 0 Å². The molecule has 16 heavy (non-hydrogen) atoms. The molecule has 0 aromatic heterocycles. The lowest BCUT2D eigenvalue weighted by Gasteiger charge is -2.23. The van der Waals surface area contributed by atoms with E-state index < -0.39 is 11.9 Å². The van der Waals surface area contributed by atoms with E-state index in [1.54, 1.807) is 13.2 Å². The summed E-state index contributed by atoms with van der Waals surface area (Å²) in [6, 6.07) is -0.894. The topological polar surface area (TPSA) is 98.7 Å². The largest absolute Gasteiger partial charge is 0.383 e. The lowest BCUT2D eigenvalue weighted by Crippen LogP contribution is -2.46. The molecule has 1 unspecified atom stereocenters. The molecule has 0 spiro atoms. The number of hydrogen-bond donors (Lipinski definition) is 2. The van der Waals surface area contributed by atoms with E-state index in [-0.39, 0.29) is 12.3 Å². The van der Waals surface area contributed by atoms with Crippen LogP contribution in [0.2, 0.25) is 0 Å². The third-order valence-electron chi connectivity index (χ3n) is 1.96. The van der Waals surface area contributed by atoms with Crippen molar-refractivity contribution in [1.82, 2.24) is 4.90 Å². The first kappa shape index (κ1) is 14.6. The average Bonchev–Trinajstić information content (AvgIpc) is 2.22. The Hall–Kier alpha value is -1.40. The summed E-state index contributed by atoms with van der Waals surface area (Å²) in [6.07, 6.45) is 1.43. The van der Waals surface area contributed by atoms with Crippen molar-refractivity contribution in [2.75, 3.05) is 26.8 Å². The van der Waals surface area contributed by atoms with Gasteiger partial charge in [0.25, 0.3) is 0 Å². The number of carbonyl (C=O) groups is 2. The highest BCUT2D eigenvalue weighted by Crippen LogP contribution is 1.98. The Morgan fingerprint density at radius 3 is 2.62 bits per heavy atom. The molecule has 0 saturated carbocycles. The van der Waals surface area contributed by atoms with E-state index in [1.165, 1.54) is 4.90 Å². The maximum Gasteiger partial charge on any atom is 0.240 e. The van der Waals surface area contributed by atoms with E-state index in [1.807, 2.05) is 0 Å². The van der Waals surface area contributed by atoms with Gasteiger partial charge in [0.1, 0.15) is 0 Å². The minimum absolute atomic E-state index is 0.153. The predicted octanol–water partition coefficient (Wildman–Crippen LogP) is -1.15. The van der Waals surface area contributed by atoms with Gasteiger partial charge in [-0.2, -0.15) is 0 Å². The van der Waals surface area contributed by atoms with E-state index >= 15 is 0 Å². The number of carbonyl (C=O) groups excluding carboxylic acids is 2. The van der Waals surface area contributed by atoms with Crippen LogP contribution in [0.1, 0.15) is 6.42 Å².